The average Bonchev–Trinajstić information content (AvgIpc) is 2.74. The van der Waals surface area contributed by atoms with Crippen molar-refractivity contribution in [2.45, 2.75) is 45.6 Å². The summed E-state index contributed by atoms with van der Waals surface area (Å²) in [6.07, 6.45) is 6.44. The van der Waals surface area contributed by atoms with Crippen molar-refractivity contribution >= 4 is 11.3 Å². The van der Waals surface area contributed by atoms with E-state index in [-0.39, 0.29) is 0 Å². The summed E-state index contributed by atoms with van der Waals surface area (Å²) in [7, 11) is 0. The second-order valence-corrected chi connectivity index (χ2v) is 6.21. The molecule has 96 valence electrons. The molecule has 0 spiro atoms. The Bertz CT molecular complexity index is 336. The molecule has 1 aromatic rings. The fourth-order valence-corrected chi connectivity index (χ4v) is 3.57. The van der Waals surface area contributed by atoms with Crippen LogP contribution in [0.4, 0.5) is 0 Å². The molecule has 1 aliphatic rings. The van der Waals surface area contributed by atoms with E-state index in [0.717, 1.165) is 26.1 Å². The Morgan fingerprint density at radius 1 is 1.47 bits per heavy atom. The number of aryl methyl sites for hydroxylation is 1. The van der Waals surface area contributed by atoms with Crippen LogP contribution in [0.25, 0.3) is 0 Å². The summed E-state index contributed by atoms with van der Waals surface area (Å²) in [5.74, 6) is 0. The van der Waals surface area contributed by atoms with Crippen LogP contribution in [-0.2, 0) is 13.0 Å². The number of nitrogens with two attached hydrogens (primary N) is 1. The highest BCUT2D eigenvalue weighted by molar-refractivity contribution is 7.10. The summed E-state index contributed by atoms with van der Waals surface area (Å²) in [4.78, 5) is 1.50. The van der Waals surface area contributed by atoms with Crippen molar-refractivity contribution in [3.63, 3.8) is 0 Å². The number of hydrogen-bond donors (Lipinski definition) is 2. The van der Waals surface area contributed by atoms with Crippen molar-refractivity contribution in [2.24, 2.45) is 11.1 Å². The van der Waals surface area contributed by atoms with E-state index in [1.807, 2.05) is 11.3 Å². The molecule has 0 bridgehead atoms. The summed E-state index contributed by atoms with van der Waals surface area (Å²) >= 11 is 1.87. The van der Waals surface area contributed by atoms with Crippen LogP contribution in [0.3, 0.4) is 0 Å². The maximum Gasteiger partial charge on any atom is 0.0302 e. The molecule has 0 aromatic carbocycles. The SMILES string of the molecule is CCc1ccsc1CNCCC1(CN)CCC1. The van der Waals surface area contributed by atoms with E-state index in [9.17, 15) is 0 Å². The highest BCUT2D eigenvalue weighted by atomic mass is 32.1. The van der Waals surface area contributed by atoms with E-state index in [1.54, 1.807) is 0 Å². The maximum atomic E-state index is 5.87. The predicted molar refractivity (Wildman–Crippen MR) is 75.4 cm³/mol. The first kappa shape index (κ1) is 13.1. The second-order valence-electron chi connectivity index (χ2n) is 5.21. The van der Waals surface area contributed by atoms with E-state index in [2.05, 4.69) is 23.7 Å². The van der Waals surface area contributed by atoms with Crippen LogP contribution in [0, 0.1) is 5.41 Å². The fraction of sp³-hybridized carbons (Fsp3) is 0.714. The number of nitrogens with one attached hydrogen (secondary N) is 1. The first-order chi connectivity index (χ1) is 8.29. The van der Waals surface area contributed by atoms with Gasteiger partial charge in [0.15, 0.2) is 0 Å². The fourth-order valence-electron chi connectivity index (χ4n) is 2.63. The number of rotatable bonds is 7. The lowest BCUT2D eigenvalue weighted by molar-refractivity contribution is 0.130. The summed E-state index contributed by atoms with van der Waals surface area (Å²) in [5.41, 5.74) is 7.85. The Hall–Kier alpha value is -0.380. The van der Waals surface area contributed by atoms with Crippen LogP contribution in [0.1, 0.15) is 43.0 Å². The smallest absolute Gasteiger partial charge is 0.0302 e. The molecule has 0 saturated heterocycles. The van der Waals surface area contributed by atoms with Gasteiger partial charge >= 0.3 is 0 Å². The lowest BCUT2D eigenvalue weighted by Crippen LogP contribution is -2.39. The molecule has 2 nitrogen and oxygen atoms in total. The Morgan fingerprint density at radius 2 is 2.29 bits per heavy atom. The minimum absolute atomic E-state index is 0.482. The number of thiophene rings is 1. The Labute approximate surface area is 109 Å². The van der Waals surface area contributed by atoms with Gasteiger partial charge in [0, 0.05) is 11.4 Å². The minimum Gasteiger partial charge on any atom is -0.330 e. The van der Waals surface area contributed by atoms with Gasteiger partial charge in [0.1, 0.15) is 0 Å². The van der Waals surface area contributed by atoms with E-state index in [1.165, 1.54) is 36.1 Å². The van der Waals surface area contributed by atoms with E-state index in [0.29, 0.717) is 5.41 Å². The first-order valence-corrected chi connectivity index (χ1v) is 7.64. The van der Waals surface area contributed by atoms with Gasteiger partial charge in [-0.05, 0) is 61.2 Å². The van der Waals surface area contributed by atoms with E-state index >= 15 is 0 Å². The molecule has 0 amide bonds. The Kier molecular flexibility index (Phi) is 4.60. The molecular weight excluding hydrogens is 228 g/mol. The van der Waals surface area contributed by atoms with Gasteiger partial charge in [-0.3, -0.25) is 0 Å². The average molecular weight is 252 g/mol. The lowest BCUT2D eigenvalue weighted by Gasteiger charge is -2.41. The molecule has 1 heterocycles. The number of hydrogen-bond acceptors (Lipinski definition) is 3. The van der Waals surface area contributed by atoms with Gasteiger partial charge in [-0.2, -0.15) is 0 Å². The summed E-state index contributed by atoms with van der Waals surface area (Å²) in [6, 6.07) is 2.25. The van der Waals surface area contributed by atoms with E-state index < -0.39 is 0 Å². The molecule has 2 rings (SSSR count). The summed E-state index contributed by atoms with van der Waals surface area (Å²) in [6.45, 7) is 5.23. The standard InChI is InChI=1S/C14H24N2S/c1-2-12-4-9-17-13(12)10-16-8-7-14(11-15)5-3-6-14/h4,9,16H,2-3,5-8,10-11,15H2,1H3. The van der Waals surface area contributed by atoms with Crippen molar-refractivity contribution in [3.8, 4) is 0 Å². The van der Waals surface area contributed by atoms with Gasteiger partial charge < -0.3 is 11.1 Å². The Balaban J connectivity index is 1.69. The summed E-state index contributed by atoms with van der Waals surface area (Å²) < 4.78 is 0. The Morgan fingerprint density at radius 3 is 2.88 bits per heavy atom. The second kappa shape index (κ2) is 5.98. The lowest BCUT2D eigenvalue weighted by atomic mass is 9.67. The minimum atomic E-state index is 0.482. The molecule has 0 unspecified atom stereocenters. The van der Waals surface area contributed by atoms with Crippen molar-refractivity contribution in [1.29, 1.82) is 0 Å². The molecule has 0 atom stereocenters. The summed E-state index contributed by atoms with van der Waals surface area (Å²) in [5, 5.41) is 5.77. The molecule has 3 heteroatoms. The molecule has 1 aromatic heterocycles. The maximum absolute atomic E-state index is 5.87. The van der Waals surface area contributed by atoms with Crippen molar-refractivity contribution in [3.05, 3.63) is 21.9 Å². The molecule has 1 fully saturated rings. The largest absolute Gasteiger partial charge is 0.330 e. The van der Waals surface area contributed by atoms with E-state index in [4.69, 9.17) is 5.73 Å². The molecular formula is C14H24N2S. The molecule has 0 aliphatic heterocycles. The van der Waals surface area contributed by atoms with Gasteiger partial charge in [-0.25, -0.2) is 0 Å². The predicted octanol–water partition coefficient (Wildman–Crippen LogP) is 2.92. The highest BCUT2D eigenvalue weighted by Crippen LogP contribution is 2.42. The molecule has 3 N–H and O–H groups in total. The third-order valence-electron chi connectivity index (χ3n) is 4.18. The van der Waals surface area contributed by atoms with Crippen LogP contribution >= 0.6 is 11.3 Å². The zero-order chi connectivity index (χ0) is 12.1. The normalized spacial score (nSPS) is 18.0. The molecule has 17 heavy (non-hydrogen) atoms. The zero-order valence-electron chi connectivity index (χ0n) is 10.8. The zero-order valence-corrected chi connectivity index (χ0v) is 11.6. The highest BCUT2D eigenvalue weighted by Gasteiger charge is 2.34. The molecule has 1 aliphatic carbocycles. The van der Waals surface area contributed by atoms with Crippen LogP contribution in [0.15, 0.2) is 11.4 Å². The van der Waals surface area contributed by atoms with Gasteiger partial charge in [0.25, 0.3) is 0 Å². The molecule has 0 radical (unpaired) electrons. The van der Waals surface area contributed by atoms with Crippen molar-refractivity contribution in [1.82, 2.24) is 5.32 Å². The van der Waals surface area contributed by atoms with Crippen molar-refractivity contribution < 1.29 is 0 Å². The third-order valence-corrected chi connectivity index (χ3v) is 5.15. The van der Waals surface area contributed by atoms with Crippen LogP contribution in [0.5, 0.6) is 0 Å². The van der Waals surface area contributed by atoms with Crippen LogP contribution in [0.2, 0.25) is 0 Å². The quantitative estimate of drug-likeness (QED) is 0.732. The molecule has 1 saturated carbocycles. The van der Waals surface area contributed by atoms with Gasteiger partial charge in [0.2, 0.25) is 0 Å². The van der Waals surface area contributed by atoms with Crippen LogP contribution in [-0.4, -0.2) is 13.1 Å². The van der Waals surface area contributed by atoms with Crippen LogP contribution < -0.4 is 11.1 Å². The van der Waals surface area contributed by atoms with Gasteiger partial charge in [-0.15, -0.1) is 11.3 Å². The topological polar surface area (TPSA) is 38.0 Å². The monoisotopic (exact) mass is 252 g/mol. The van der Waals surface area contributed by atoms with Gasteiger partial charge in [0.05, 0.1) is 0 Å². The third kappa shape index (κ3) is 3.09. The first-order valence-electron chi connectivity index (χ1n) is 6.76. The van der Waals surface area contributed by atoms with Gasteiger partial charge in [-0.1, -0.05) is 13.3 Å². The van der Waals surface area contributed by atoms with Crippen molar-refractivity contribution in [2.75, 3.05) is 13.1 Å².